The lowest BCUT2D eigenvalue weighted by atomic mass is 9.91. The quantitative estimate of drug-likeness (QED) is 0.533. The maximum absolute atomic E-state index is 15.2. The highest BCUT2D eigenvalue weighted by molar-refractivity contribution is 5.66. The zero-order valence-corrected chi connectivity index (χ0v) is 20.5. The molecule has 2 N–H and O–H groups in total. The van der Waals surface area contributed by atoms with Gasteiger partial charge in [-0.25, -0.2) is 14.4 Å². The van der Waals surface area contributed by atoms with Crippen molar-refractivity contribution in [1.29, 1.82) is 0 Å². The van der Waals surface area contributed by atoms with Crippen LogP contribution in [0, 0.1) is 5.82 Å². The number of likely N-dealkylation sites (N-methyl/N-ethyl adjacent to an activating group) is 1. The van der Waals surface area contributed by atoms with Gasteiger partial charge in [-0.05, 0) is 56.6 Å². The Morgan fingerprint density at radius 2 is 1.97 bits per heavy atom. The van der Waals surface area contributed by atoms with Gasteiger partial charge in [0, 0.05) is 43.6 Å². The van der Waals surface area contributed by atoms with E-state index >= 15 is 4.39 Å². The van der Waals surface area contributed by atoms with E-state index in [9.17, 15) is 0 Å². The Labute approximate surface area is 210 Å². The molecule has 0 radical (unpaired) electrons. The van der Waals surface area contributed by atoms with Gasteiger partial charge in [-0.3, -0.25) is 0 Å². The number of nitrogens with one attached hydrogen (secondary N) is 2. The first-order valence-electron chi connectivity index (χ1n) is 12.6. The fourth-order valence-electron chi connectivity index (χ4n) is 4.82. The third-order valence-electron chi connectivity index (χ3n) is 7.11. The predicted octanol–water partition coefficient (Wildman–Crippen LogP) is 4.00. The van der Waals surface area contributed by atoms with E-state index < -0.39 is 5.82 Å². The van der Waals surface area contributed by atoms with E-state index in [-0.39, 0.29) is 11.9 Å². The van der Waals surface area contributed by atoms with Crippen molar-refractivity contribution in [2.24, 2.45) is 0 Å². The molecule has 0 unspecified atom stereocenters. The van der Waals surface area contributed by atoms with E-state index in [1.165, 1.54) is 6.20 Å². The number of benzene rings is 1. The number of anilines is 6. The van der Waals surface area contributed by atoms with E-state index in [1.807, 2.05) is 29.2 Å². The van der Waals surface area contributed by atoms with Gasteiger partial charge in [0.05, 0.1) is 12.7 Å². The minimum atomic E-state index is -0.470. The van der Waals surface area contributed by atoms with E-state index in [0.717, 1.165) is 56.8 Å². The number of hydrogen-bond donors (Lipinski definition) is 2. The van der Waals surface area contributed by atoms with Crippen molar-refractivity contribution in [1.82, 2.24) is 19.9 Å². The zero-order chi connectivity index (χ0) is 24.5. The first-order valence-corrected chi connectivity index (χ1v) is 12.6. The Bertz CT molecular complexity index is 1230. The molecule has 1 saturated heterocycles. The molecule has 0 atom stereocenters. The summed E-state index contributed by atoms with van der Waals surface area (Å²) in [4.78, 5) is 20.2. The van der Waals surface area contributed by atoms with Gasteiger partial charge < -0.3 is 30.1 Å². The molecule has 10 heteroatoms. The van der Waals surface area contributed by atoms with Crippen molar-refractivity contribution >= 4 is 34.8 Å². The van der Waals surface area contributed by atoms with Crippen LogP contribution in [0.25, 0.3) is 0 Å². The lowest BCUT2D eigenvalue weighted by Crippen LogP contribution is -2.44. The second-order valence-electron chi connectivity index (χ2n) is 9.58. The van der Waals surface area contributed by atoms with Crippen LogP contribution in [-0.4, -0.2) is 72.3 Å². The van der Waals surface area contributed by atoms with Crippen LogP contribution in [-0.2, 0) is 0 Å². The van der Waals surface area contributed by atoms with Gasteiger partial charge in [-0.1, -0.05) is 6.07 Å². The summed E-state index contributed by atoms with van der Waals surface area (Å²) < 4.78 is 20.8. The number of halogens is 1. The minimum Gasteiger partial charge on any atom is -0.488 e. The molecule has 1 aromatic carbocycles. The summed E-state index contributed by atoms with van der Waals surface area (Å²) in [7, 11) is 2.15. The molecular weight excluding hydrogens is 459 g/mol. The molecule has 4 heterocycles. The molecule has 2 fully saturated rings. The van der Waals surface area contributed by atoms with E-state index in [1.54, 1.807) is 0 Å². The van der Waals surface area contributed by atoms with Crippen LogP contribution in [0.5, 0.6) is 5.75 Å². The molecule has 1 aliphatic carbocycles. The molecular formula is C26H31FN8O. The molecule has 3 aliphatic rings. The van der Waals surface area contributed by atoms with Crippen LogP contribution in [0.15, 0.2) is 42.6 Å². The van der Waals surface area contributed by atoms with Gasteiger partial charge in [0.1, 0.15) is 12.4 Å². The topological polar surface area (TPSA) is 81.7 Å². The average Bonchev–Trinajstić information content (AvgIpc) is 2.88. The lowest BCUT2D eigenvalue weighted by Gasteiger charge is -2.38. The van der Waals surface area contributed by atoms with Gasteiger partial charge in [0.25, 0.3) is 0 Å². The molecule has 0 bridgehead atoms. The SMILES string of the molecule is CN1CCN(c2cccc(Nc3ncc(F)c(N(c4ccc5c(n4)NCCO5)C4CCC4)n3)c2)CC1. The molecule has 36 heavy (non-hydrogen) atoms. The molecule has 6 rings (SSSR count). The number of aromatic nitrogens is 3. The average molecular weight is 491 g/mol. The van der Waals surface area contributed by atoms with Crippen LogP contribution in [0.4, 0.5) is 39.2 Å². The minimum absolute atomic E-state index is 0.137. The van der Waals surface area contributed by atoms with E-state index in [2.05, 4.69) is 49.6 Å². The molecule has 2 aromatic heterocycles. The number of ether oxygens (including phenoxy) is 1. The number of fused-ring (bicyclic) bond motifs is 1. The first-order chi connectivity index (χ1) is 17.6. The summed E-state index contributed by atoms with van der Waals surface area (Å²) in [5.41, 5.74) is 2.02. The second kappa shape index (κ2) is 9.77. The fourth-order valence-corrected chi connectivity index (χ4v) is 4.82. The monoisotopic (exact) mass is 490 g/mol. The smallest absolute Gasteiger partial charge is 0.229 e. The van der Waals surface area contributed by atoms with Crippen molar-refractivity contribution < 1.29 is 9.13 Å². The third kappa shape index (κ3) is 4.60. The number of hydrogen-bond acceptors (Lipinski definition) is 9. The highest BCUT2D eigenvalue weighted by atomic mass is 19.1. The zero-order valence-electron chi connectivity index (χ0n) is 20.5. The fraction of sp³-hybridized carbons (Fsp3) is 0.423. The van der Waals surface area contributed by atoms with Crippen molar-refractivity contribution in [2.45, 2.75) is 25.3 Å². The third-order valence-corrected chi connectivity index (χ3v) is 7.11. The van der Waals surface area contributed by atoms with Crippen molar-refractivity contribution in [2.75, 3.05) is 66.8 Å². The summed E-state index contributed by atoms with van der Waals surface area (Å²) in [5.74, 6) is 2.16. The molecule has 0 spiro atoms. The van der Waals surface area contributed by atoms with Crippen molar-refractivity contribution in [3.05, 3.63) is 48.4 Å². The van der Waals surface area contributed by atoms with Gasteiger partial charge in [0.2, 0.25) is 5.95 Å². The molecule has 2 aliphatic heterocycles. The predicted molar refractivity (Wildman–Crippen MR) is 139 cm³/mol. The molecule has 3 aromatic rings. The number of pyridine rings is 1. The van der Waals surface area contributed by atoms with Gasteiger partial charge >= 0.3 is 0 Å². The van der Waals surface area contributed by atoms with Gasteiger partial charge in [0.15, 0.2) is 23.2 Å². The van der Waals surface area contributed by atoms with Crippen molar-refractivity contribution in [3.8, 4) is 5.75 Å². The summed E-state index contributed by atoms with van der Waals surface area (Å²) in [6.45, 7) is 5.35. The molecule has 0 amide bonds. The van der Waals surface area contributed by atoms with Gasteiger partial charge in [-0.2, -0.15) is 4.98 Å². The van der Waals surface area contributed by atoms with Gasteiger partial charge in [-0.15, -0.1) is 0 Å². The number of nitrogens with zero attached hydrogens (tertiary/aromatic N) is 6. The molecule has 188 valence electrons. The Balaban J connectivity index is 1.28. The maximum atomic E-state index is 15.2. The van der Waals surface area contributed by atoms with Crippen LogP contribution >= 0.6 is 0 Å². The summed E-state index contributed by atoms with van der Waals surface area (Å²) in [6, 6.07) is 12.1. The van der Waals surface area contributed by atoms with E-state index in [4.69, 9.17) is 9.72 Å². The van der Waals surface area contributed by atoms with Crippen LogP contribution < -0.4 is 25.2 Å². The number of rotatable bonds is 6. The summed E-state index contributed by atoms with van der Waals surface area (Å²) in [5, 5.41) is 6.56. The Kier molecular flexibility index (Phi) is 6.18. The summed E-state index contributed by atoms with van der Waals surface area (Å²) >= 11 is 0. The van der Waals surface area contributed by atoms with Crippen LogP contribution in [0.1, 0.15) is 19.3 Å². The lowest BCUT2D eigenvalue weighted by molar-refractivity contribution is 0.313. The van der Waals surface area contributed by atoms with E-state index in [0.29, 0.717) is 36.5 Å². The normalized spacial score (nSPS) is 18.0. The maximum Gasteiger partial charge on any atom is 0.229 e. The van der Waals surface area contributed by atoms with Crippen molar-refractivity contribution in [3.63, 3.8) is 0 Å². The standard InChI is InChI=1S/C26H31FN8O/c1-33-11-13-34(14-12-33)20-7-2-4-18(16-20)30-26-29-17-21(27)25(32-26)35(19-5-3-6-19)23-9-8-22-24(31-23)28-10-15-36-22/h2,4,7-9,16-17,19H,3,5-6,10-15H2,1H3,(H,28,31)(H,29,30,32). The molecule has 9 nitrogen and oxygen atoms in total. The second-order valence-corrected chi connectivity index (χ2v) is 9.58. The first kappa shape index (κ1) is 22.8. The highest BCUT2D eigenvalue weighted by Gasteiger charge is 2.31. The van der Waals surface area contributed by atoms with Crippen LogP contribution in [0.2, 0.25) is 0 Å². The molecule has 1 saturated carbocycles. The summed E-state index contributed by atoms with van der Waals surface area (Å²) in [6.07, 6.45) is 4.26. The Morgan fingerprint density at radius 1 is 1.11 bits per heavy atom. The highest BCUT2D eigenvalue weighted by Crippen LogP contribution is 2.38. The Hall–Kier alpha value is -3.66. The largest absolute Gasteiger partial charge is 0.488 e. The van der Waals surface area contributed by atoms with Crippen LogP contribution in [0.3, 0.4) is 0 Å². The Morgan fingerprint density at radius 3 is 2.78 bits per heavy atom. The number of piperazine rings is 1.